The molecule has 2 heteroatoms. The largest absolute Gasteiger partial charge is 0.330 e. The van der Waals surface area contributed by atoms with Crippen LogP contribution in [0.15, 0.2) is 0 Å². The molecule has 0 aromatic carbocycles. The second kappa shape index (κ2) is 14.8. The van der Waals surface area contributed by atoms with E-state index in [4.69, 9.17) is 5.73 Å². The maximum Gasteiger partial charge on any atom is -0.000672 e. The topological polar surface area (TPSA) is 29.3 Å². The predicted molar refractivity (Wildman–Crippen MR) is 96.7 cm³/mol. The Hall–Kier alpha value is -0.0800. The number of unbranched alkanes of at least 4 members (excludes halogenated alkanes) is 4. The summed E-state index contributed by atoms with van der Waals surface area (Å²) in [6, 6.07) is 0. The van der Waals surface area contributed by atoms with Crippen LogP contribution < -0.4 is 5.73 Å². The lowest BCUT2D eigenvalue weighted by atomic mass is 10.0. The molecule has 0 saturated heterocycles. The maximum atomic E-state index is 5.67. The number of hydrogen-bond donors (Lipinski definition) is 1. The van der Waals surface area contributed by atoms with Gasteiger partial charge >= 0.3 is 0 Å². The van der Waals surface area contributed by atoms with Crippen molar-refractivity contribution in [1.82, 2.24) is 4.90 Å². The molecular formula is C19H42N2. The molecule has 0 aromatic rings. The predicted octanol–water partition coefficient (Wildman–Crippen LogP) is 5.07. The van der Waals surface area contributed by atoms with Crippen LogP contribution in [-0.4, -0.2) is 31.1 Å². The minimum absolute atomic E-state index is 0.831. The fourth-order valence-electron chi connectivity index (χ4n) is 2.78. The van der Waals surface area contributed by atoms with Crippen molar-refractivity contribution in [2.75, 3.05) is 26.2 Å². The van der Waals surface area contributed by atoms with Crippen LogP contribution in [-0.2, 0) is 0 Å². The Morgan fingerprint density at radius 1 is 0.619 bits per heavy atom. The van der Waals surface area contributed by atoms with Gasteiger partial charge in [-0.05, 0) is 57.3 Å². The van der Waals surface area contributed by atoms with Crippen molar-refractivity contribution in [3.63, 3.8) is 0 Å². The Morgan fingerprint density at radius 3 is 1.43 bits per heavy atom. The molecule has 0 spiro atoms. The van der Waals surface area contributed by atoms with E-state index in [1.54, 1.807) is 0 Å². The second-order valence-electron chi connectivity index (χ2n) is 7.47. The zero-order chi connectivity index (χ0) is 15.9. The summed E-state index contributed by atoms with van der Waals surface area (Å²) in [5, 5.41) is 0. The molecule has 0 saturated carbocycles. The Bertz CT molecular complexity index is 184. The molecule has 21 heavy (non-hydrogen) atoms. The summed E-state index contributed by atoms with van der Waals surface area (Å²) in [7, 11) is 0. The van der Waals surface area contributed by atoms with Crippen LogP contribution in [0.1, 0.15) is 85.5 Å². The van der Waals surface area contributed by atoms with E-state index in [0.29, 0.717) is 0 Å². The molecule has 2 N–H and O–H groups in total. The Balaban J connectivity index is 3.66. The molecule has 0 aliphatic heterocycles. The molecule has 0 rings (SSSR count). The van der Waals surface area contributed by atoms with Crippen LogP contribution in [0.5, 0.6) is 0 Å². The van der Waals surface area contributed by atoms with Gasteiger partial charge in [-0.15, -0.1) is 0 Å². The van der Waals surface area contributed by atoms with E-state index in [-0.39, 0.29) is 0 Å². The van der Waals surface area contributed by atoms with Gasteiger partial charge in [-0.1, -0.05) is 66.2 Å². The first-order valence-electron chi connectivity index (χ1n) is 9.48. The molecule has 0 heterocycles. The molecule has 0 fully saturated rings. The molecule has 0 aromatic heterocycles. The molecule has 0 amide bonds. The molecule has 128 valence electrons. The highest BCUT2D eigenvalue weighted by atomic mass is 15.1. The highest BCUT2D eigenvalue weighted by Crippen LogP contribution is 2.11. The first-order valence-corrected chi connectivity index (χ1v) is 9.48. The highest BCUT2D eigenvalue weighted by Gasteiger charge is 2.04. The van der Waals surface area contributed by atoms with E-state index in [1.165, 1.54) is 71.0 Å². The van der Waals surface area contributed by atoms with Gasteiger partial charge in [0.1, 0.15) is 0 Å². The van der Waals surface area contributed by atoms with Crippen molar-refractivity contribution in [2.24, 2.45) is 17.6 Å². The lowest BCUT2D eigenvalue weighted by Gasteiger charge is -2.22. The SMILES string of the molecule is CC(C)CCCCCN(CCCN)CCCCCC(C)C. The van der Waals surface area contributed by atoms with Gasteiger partial charge in [0.05, 0.1) is 0 Å². The summed E-state index contributed by atoms with van der Waals surface area (Å²) in [4.78, 5) is 2.65. The van der Waals surface area contributed by atoms with E-state index < -0.39 is 0 Å². The quantitative estimate of drug-likeness (QED) is 0.428. The normalized spacial score (nSPS) is 12.0. The minimum Gasteiger partial charge on any atom is -0.330 e. The van der Waals surface area contributed by atoms with Gasteiger partial charge in [-0.3, -0.25) is 0 Å². The average Bonchev–Trinajstić information content (AvgIpc) is 2.42. The van der Waals surface area contributed by atoms with Crippen LogP contribution in [0.4, 0.5) is 0 Å². The van der Waals surface area contributed by atoms with Crippen LogP contribution in [0.2, 0.25) is 0 Å². The number of nitrogens with two attached hydrogens (primary N) is 1. The number of nitrogens with zero attached hydrogens (tertiary/aromatic N) is 1. The van der Waals surface area contributed by atoms with Crippen molar-refractivity contribution in [1.29, 1.82) is 0 Å². The fraction of sp³-hybridized carbons (Fsp3) is 1.00. The molecule has 0 atom stereocenters. The van der Waals surface area contributed by atoms with Crippen molar-refractivity contribution in [2.45, 2.75) is 85.5 Å². The van der Waals surface area contributed by atoms with Gasteiger partial charge in [-0.25, -0.2) is 0 Å². The van der Waals surface area contributed by atoms with Gasteiger partial charge in [0.25, 0.3) is 0 Å². The van der Waals surface area contributed by atoms with Gasteiger partial charge in [0, 0.05) is 0 Å². The summed E-state index contributed by atoms with van der Waals surface area (Å²) in [6.45, 7) is 13.9. The van der Waals surface area contributed by atoms with Crippen molar-refractivity contribution < 1.29 is 0 Å². The van der Waals surface area contributed by atoms with Gasteiger partial charge in [0.15, 0.2) is 0 Å². The number of rotatable bonds is 15. The third kappa shape index (κ3) is 16.1. The molecular weight excluding hydrogens is 256 g/mol. The maximum absolute atomic E-state index is 5.67. The molecule has 0 unspecified atom stereocenters. The smallest absolute Gasteiger partial charge is 0.000672 e. The summed E-state index contributed by atoms with van der Waals surface area (Å²) in [5.41, 5.74) is 5.67. The van der Waals surface area contributed by atoms with E-state index in [9.17, 15) is 0 Å². The Kier molecular flexibility index (Phi) is 14.8. The molecule has 0 aliphatic rings. The highest BCUT2D eigenvalue weighted by molar-refractivity contribution is 4.60. The Labute approximate surface area is 134 Å². The van der Waals surface area contributed by atoms with Crippen LogP contribution in [0, 0.1) is 11.8 Å². The summed E-state index contributed by atoms with van der Waals surface area (Å²) in [5.74, 6) is 1.72. The standard InChI is InChI=1S/C19H42N2/c1-18(2)12-7-5-9-15-21(17-11-14-20)16-10-6-8-13-19(3)4/h18-19H,5-17,20H2,1-4H3. The lowest BCUT2D eigenvalue weighted by Crippen LogP contribution is -2.28. The second-order valence-corrected chi connectivity index (χ2v) is 7.47. The summed E-state index contributed by atoms with van der Waals surface area (Å²) >= 11 is 0. The van der Waals surface area contributed by atoms with E-state index >= 15 is 0 Å². The molecule has 0 aliphatic carbocycles. The first-order chi connectivity index (χ1) is 10.1. The van der Waals surface area contributed by atoms with Crippen LogP contribution >= 0.6 is 0 Å². The number of hydrogen-bond acceptors (Lipinski definition) is 2. The van der Waals surface area contributed by atoms with Crippen molar-refractivity contribution in [3.05, 3.63) is 0 Å². The first kappa shape index (κ1) is 20.9. The van der Waals surface area contributed by atoms with Gasteiger partial charge in [-0.2, -0.15) is 0 Å². The monoisotopic (exact) mass is 298 g/mol. The third-order valence-electron chi connectivity index (χ3n) is 4.19. The summed E-state index contributed by atoms with van der Waals surface area (Å²) in [6.07, 6.45) is 12.2. The zero-order valence-electron chi connectivity index (χ0n) is 15.4. The molecule has 2 nitrogen and oxygen atoms in total. The minimum atomic E-state index is 0.831. The molecule has 0 radical (unpaired) electrons. The van der Waals surface area contributed by atoms with Crippen LogP contribution in [0.25, 0.3) is 0 Å². The molecule has 0 bridgehead atoms. The van der Waals surface area contributed by atoms with E-state index in [2.05, 4.69) is 32.6 Å². The lowest BCUT2D eigenvalue weighted by molar-refractivity contribution is 0.257. The van der Waals surface area contributed by atoms with E-state index in [0.717, 1.165) is 24.8 Å². The fourth-order valence-corrected chi connectivity index (χ4v) is 2.78. The Morgan fingerprint density at radius 2 is 1.05 bits per heavy atom. The third-order valence-corrected chi connectivity index (χ3v) is 4.19. The summed E-state index contributed by atoms with van der Waals surface area (Å²) < 4.78 is 0. The van der Waals surface area contributed by atoms with Gasteiger partial charge in [0.2, 0.25) is 0 Å². The van der Waals surface area contributed by atoms with Crippen molar-refractivity contribution in [3.8, 4) is 0 Å². The van der Waals surface area contributed by atoms with Crippen LogP contribution in [0.3, 0.4) is 0 Å². The van der Waals surface area contributed by atoms with Gasteiger partial charge < -0.3 is 10.6 Å². The average molecular weight is 299 g/mol. The van der Waals surface area contributed by atoms with E-state index in [1.807, 2.05) is 0 Å². The van der Waals surface area contributed by atoms with Crippen molar-refractivity contribution >= 4 is 0 Å². The zero-order valence-corrected chi connectivity index (χ0v) is 15.4.